The van der Waals surface area contributed by atoms with E-state index >= 15 is 0 Å². The summed E-state index contributed by atoms with van der Waals surface area (Å²) in [6.45, 7) is 6.00. The molecule has 0 fully saturated rings. The Kier molecular flexibility index (Phi) is 3.33. The van der Waals surface area contributed by atoms with Crippen molar-refractivity contribution in [3.8, 4) is 0 Å². The van der Waals surface area contributed by atoms with Crippen molar-refractivity contribution in [1.29, 1.82) is 0 Å². The third-order valence-corrected chi connectivity index (χ3v) is 4.49. The summed E-state index contributed by atoms with van der Waals surface area (Å²) in [6.07, 6.45) is 0. The Morgan fingerprint density at radius 3 is 1.93 bits per heavy atom. The third kappa shape index (κ3) is 2.32. The predicted molar refractivity (Wildman–Crippen MR) is 62.0 cm³/mol. The van der Waals surface area contributed by atoms with Crippen molar-refractivity contribution in [2.75, 3.05) is 0 Å². The molecule has 0 aliphatic carbocycles. The summed E-state index contributed by atoms with van der Waals surface area (Å²) in [7, 11) is 0. The maximum atomic E-state index is 10.3. The molecule has 1 atom stereocenters. The second-order valence-electron chi connectivity index (χ2n) is 4.43. The first-order chi connectivity index (χ1) is 6.25. The number of hydrogen-bond acceptors (Lipinski definition) is 1. The van der Waals surface area contributed by atoms with Gasteiger partial charge in [0, 0.05) is 0 Å². The summed E-state index contributed by atoms with van der Waals surface area (Å²) in [5.74, 6) is 0. The molecule has 0 bridgehead atoms. The molecule has 0 aliphatic rings. The number of aliphatic hydroxyl groups is 1. The molecule has 14 heavy (non-hydrogen) atoms. The van der Waals surface area contributed by atoms with Gasteiger partial charge in [0.1, 0.15) is 0 Å². The Labute approximate surface area is 98.3 Å². The molecule has 1 rings (SSSR count). The fourth-order valence-electron chi connectivity index (χ4n) is 1.12. The van der Waals surface area contributed by atoms with Crippen LogP contribution in [0.4, 0.5) is 0 Å². The van der Waals surface area contributed by atoms with Crippen LogP contribution in [0.25, 0.3) is 0 Å². The van der Waals surface area contributed by atoms with Gasteiger partial charge in [0.25, 0.3) is 0 Å². The molecule has 0 aromatic heterocycles. The summed E-state index contributed by atoms with van der Waals surface area (Å²) in [6, 6.07) is 7.29. The summed E-state index contributed by atoms with van der Waals surface area (Å²) in [5, 5.41) is 11.0. The molecule has 0 saturated heterocycles. The van der Waals surface area contributed by atoms with E-state index in [4.69, 9.17) is 11.6 Å². The van der Waals surface area contributed by atoms with E-state index in [9.17, 15) is 5.11 Å². The Balaban J connectivity index is 3.10. The molecule has 1 N–H and O–H groups in total. The van der Waals surface area contributed by atoms with Gasteiger partial charge in [0.05, 0.1) is 0 Å². The maximum absolute atomic E-state index is 10.3. The number of benzene rings is 1. The molecule has 0 saturated carbocycles. The first-order valence-electron chi connectivity index (χ1n) is 4.46. The Morgan fingerprint density at radius 2 is 1.57 bits per heavy atom. The van der Waals surface area contributed by atoms with E-state index in [0.29, 0.717) is 5.02 Å². The zero-order valence-electron chi connectivity index (χ0n) is 8.58. The molecule has 0 amide bonds. The van der Waals surface area contributed by atoms with Crippen LogP contribution in [-0.4, -0.2) is 21.1 Å². The molecule has 1 aromatic rings. The monoisotopic (exact) mass is 278 g/mol. The van der Waals surface area contributed by atoms with Crippen molar-refractivity contribution in [1.82, 2.24) is 0 Å². The van der Waals surface area contributed by atoms with Gasteiger partial charge in [-0.25, -0.2) is 0 Å². The van der Waals surface area contributed by atoms with Gasteiger partial charge < -0.3 is 0 Å². The molecule has 1 unspecified atom stereocenters. The van der Waals surface area contributed by atoms with Crippen LogP contribution in [0.3, 0.4) is 0 Å². The summed E-state index contributed by atoms with van der Waals surface area (Å²) >= 11 is 8.12. The van der Waals surface area contributed by atoms with E-state index in [1.165, 1.54) is 0 Å². The van der Waals surface area contributed by atoms with Gasteiger partial charge in [-0.15, -0.1) is 0 Å². The van der Waals surface area contributed by atoms with Crippen molar-refractivity contribution in [3.63, 3.8) is 0 Å². The fraction of sp³-hybridized carbons (Fsp3) is 0.455. The van der Waals surface area contributed by atoms with Gasteiger partial charge in [-0.3, -0.25) is 0 Å². The van der Waals surface area contributed by atoms with Crippen LogP contribution in [0.2, 0.25) is 5.02 Å². The van der Waals surface area contributed by atoms with Gasteiger partial charge in [-0.05, 0) is 0 Å². The number of halogens is 1. The van der Waals surface area contributed by atoms with Crippen LogP contribution in [0.1, 0.15) is 26.3 Å². The van der Waals surface area contributed by atoms with Crippen LogP contribution >= 0.6 is 11.6 Å². The normalized spacial score (nSPS) is 16.4. The molecular weight excluding hydrogens is 263 g/mol. The Bertz CT molecular complexity index is 311. The molecule has 0 aliphatic heterocycles. The summed E-state index contributed by atoms with van der Waals surface area (Å²) < 4.78 is -0.898. The first kappa shape index (κ1) is 12.1. The van der Waals surface area contributed by atoms with Crippen molar-refractivity contribution >= 4 is 27.6 Å². The quantitative estimate of drug-likeness (QED) is 0.782. The van der Waals surface area contributed by atoms with E-state index in [-0.39, 0.29) is 5.41 Å². The van der Waals surface area contributed by atoms with Crippen LogP contribution in [-0.2, 0) is 4.50 Å². The van der Waals surface area contributed by atoms with E-state index in [1.54, 1.807) is 12.1 Å². The molecule has 0 radical (unpaired) electrons. The van der Waals surface area contributed by atoms with Crippen molar-refractivity contribution in [3.05, 3.63) is 34.9 Å². The first-order valence-corrected chi connectivity index (χ1v) is 5.77. The molecule has 1 aromatic carbocycles. The molecule has 3 heteroatoms. The average Bonchev–Trinajstić information content (AvgIpc) is 2.03. The predicted octanol–water partition coefficient (Wildman–Crippen LogP) is 2.43. The van der Waals surface area contributed by atoms with E-state index in [2.05, 4.69) is 16.0 Å². The molecular formula is C11H15ClOSe. The van der Waals surface area contributed by atoms with Gasteiger partial charge >= 0.3 is 98.3 Å². The molecule has 0 spiro atoms. The molecule has 0 heterocycles. The SMILES string of the molecule is CC(C)(C)C(O)([SeH])c1ccc(Cl)cc1. The van der Waals surface area contributed by atoms with E-state index < -0.39 is 4.50 Å². The number of hydrogen-bond donors (Lipinski definition) is 1. The van der Waals surface area contributed by atoms with Gasteiger partial charge in [0.2, 0.25) is 0 Å². The Hall–Kier alpha value is -0.0105. The van der Waals surface area contributed by atoms with Gasteiger partial charge in [-0.2, -0.15) is 0 Å². The second kappa shape index (κ2) is 3.86. The van der Waals surface area contributed by atoms with Crippen LogP contribution in [0, 0.1) is 5.41 Å². The van der Waals surface area contributed by atoms with Crippen LogP contribution < -0.4 is 0 Å². The average molecular weight is 278 g/mol. The summed E-state index contributed by atoms with van der Waals surface area (Å²) in [5.41, 5.74) is 0.648. The zero-order chi connectivity index (χ0) is 11.0. The topological polar surface area (TPSA) is 20.2 Å². The second-order valence-corrected chi connectivity index (χ2v) is 6.22. The molecule has 78 valence electrons. The van der Waals surface area contributed by atoms with Crippen molar-refractivity contribution < 1.29 is 5.11 Å². The number of rotatable bonds is 1. The van der Waals surface area contributed by atoms with Crippen LogP contribution in [0.15, 0.2) is 24.3 Å². The Morgan fingerprint density at radius 1 is 1.14 bits per heavy atom. The fourth-order valence-corrected chi connectivity index (χ4v) is 1.55. The van der Waals surface area contributed by atoms with Gasteiger partial charge in [0.15, 0.2) is 0 Å². The zero-order valence-corrected chi connectivity index (χ0v) is 11.2. The third-order valence-electron chi connectivity index (χ3n) is 2.29. The minimum absolute atomic E-state index is 0.221. The van der Waals surface area contributed by atoms with Gasteiger partial charge in [-0.1, -0.05) is 0 Å². The van der Waals surface area contributed by atoms with E-state index in [0.717, 1.165) is 5.56 Å². The van der Waals surface area contributed by atoms with E-state index in [1.807, 2.05) is 32.9 Å². The van der Waals surface area contributed by atoms with Crippen LogP contribution in [0.5, 0.6) is 0 Å². The standard InChI is InChI=1S/C11H15ClOSe/c1-10(2,3)11(13,14)8-4-6-9(12)7-5-8/h4-7,13-14H,1-3H3. The van der Waals surface area contributed by atoms with Crippen molar-refractivity contribution in [2.24, 2.45) is 5.41 Å². The molecule has 1 nitrogen and oxygen atoms in total. The minimum atomic E-state index is -0.898. The summed E-state index contributed by atoms with van der Waals surface area (Å²) in [4.78, 5) is 0. The van der Waals surface area contributed by atoms with Crippen molar-refractivity contribution in [2.45, 2.75) is 25.3 Å².